The molecular weight excluding hydrogens is 366 g/mol. The fourth-order valence-electron chi connectivity index (χ4n) is 2.84. The summed E-state index contributed by atoms with van der Waals surface area (Å²) in [6.45, 7) is 2.00. The van der Waals surface area contributed by atoms with Crippen molar-refractivity contribution in [1.82, 2.24) is 5.32 Å². The van der Waals surface area contributed by atoms with E-state index >= 15 is 0 Å². The number of benzene rings is 1. The largest absolute Gasteiger partial charge is 0.456 e. The summed E-state index contributed by atoms with van der Waals surface area (Å²) in [5, 5.41) is 2.71. The fraction of sp³-hybridized carbons (Fsp3) is 0.500. The molecule has 0 heterocycles. The first kappa shape index (κ1) is 21.2. The molecule has 1 aromatic carbocycles. The van der Waals surface area contributed by atoms with Crippen molar-refractivity contribution in [2.75, 3.05) is 18.9 Å². The van der Waals surface area contributed by atoms with Gasteiger partial charge in [0.2, 0.25) is 0 Å². The number of aryl methyl sites for hydroxylation is 1. The van der Waals surface area contributed by atoms with E-state index in [4.69, 9.17) is 4.74 Å². The van der Waals surface area contributed by atoms with Crippen LogP contribution in [0.2, 0.25) is 0 Å². The first-order chi connectivity index (χ1) is 12.9. The van der Waals surface area contributed by atoms with Gasteiger partial charge in [0.25, 0.3) is 5.91 Å². The van der Waals surface area contributed by atoms with Gasteiger partial charge in [-0.25, -0.2) is 8.42 Å². The van der Waals surface area contributed by atoms with Gasteiger partial charge in [-0.15, -0.1) is 0 Å². The summed E-state index contributed by atoms with van der Waals surface area (Å²) >= 11 is 0. The number of ether oxygens (including phenoxy) is 1. The van der Waals surface area contributed by atoms with Crippen molar-refractivity contribution < 1.29 is 22.7 Å². The van der Waals surface area contributed by atoms with Crippen LogP contribution in [0.1, 0.15) is 44.1 Å². The third-order valence-corrected chi connectivity index (χ3v) is 6.20. The van der Waals surface area contributed by atoms with Crippen LogP contribution in [0, 0.1) is 6.92 Å². The SMILES string of the molecule is Cc1ccc(S(=O)(=O)CCC(=O)OCC(=O)NCCC2=CCCCC2)cc1. The Bertz CT molecular complexity index is 781. The van der Waals surface area contributed by atoms with Gasteiger partial charge in [0.05, 0.1) is 17.1 Å². The maximum atomic E-state index is 12.2. The summed E-state index contributed by atoms with van der Waals surface area (Å²) in [6.07, 6.45) is 7.37. The van der Waals surface area contributed by atoms with Gasteiger partial charge in [-0.3, -0.25) is 9.59 Å². The molecule has 148 valence electrons. The Kier molecular flexibility index (Phi) is 8.03. The highest BCUT2D eigenvalue weighted by molar-refractivity contribution is 7.91. The molecule has 27 heavy (non-hydrogen) atoms. The number of sulfone groups is 1. The first-order valence-corrected chi connectivity index (χ1v) is 10.9. The fourth-order valence-corrected chi connectivity index (χ4v) is 4.07. The second-order valence-electron chi connectivity index (χ2n) is 6.75. The van der Waals surface area contributed by atoms with E-state index in [2.05, 4.69) is 11.4 Å². The molecule has 0 aromatic heterocycles. The summed E-state index contributed by atoms with van der Waals surface area (Å²) in [4.78, 5) is 23.6. The van der Waals surface area contributed by atoms with Crippen molar-refractivity contribution in [1.29, 1.82) is 0 Å². The number of carbonyl (C=O) groups is 2. The molecule has 7 heteroatoms. The topological polar surface area (TPSA) is 89.5 Å². The van der Waals surface area contributed by atoms with E-state index in [1.807, 2.05) is 6.92 Å². The smallest absolute Gasteiger partial charge is 0.307 e. The minimum atomic E-state index is -3.54. The quantitative estimate of drug-likeness (QED) is 0.515. The van der Waals surface area contributed by atoms with Crippen molar-refractivity contribution >= 4 is 21.7 Å². The minimum absolute atomic E-state index is 0.177. The van der Waals surface area contributed by atoms with E-state index in [9.17, 15) is 18.0 Å². The van der Waals surface area contributed by atoms with Crippen LogP contribution in [0.4, 0.5) is 0 Å². The normalized spacial score (nSPS) is 14.3. The van der Waals surface area contributed by atoms with E-state index in [1.54, 1.807) is 12.1 Å². The van der Waals surface area contributed by atoms with Crippen molar-refractivity contribution in [3.63, 3.8) is 0 Å². The first-order valence-electron chi connectivity index (χ1n) is 9.26. The highest BCUT2D eigenvalue weighted by Crippen LogP contribution is 2.19. The monoisotopic (exact) mass is 393 g/mol. The van der Waals surface area contributed by atoms with Crippen LogP contribution in [-0.2, 0) is 24.2 Å². The number of amides is 1. The van der Waals surface area contributed by atoms with Gasteiger partial charge in [0.1, 0.15) is 0 Å². The Labute approximate surface area is 160 Å². The molecule has 0 spiro atoms. The molecule has 0 bridgehead atoms. The Balaban J connectivity index is 1.65. The van der Waals surface area contributed by atoms with E-state index in [0.717, 1.165) is 24.8 Å². The minimum Gasteiger partial charge on any atom is -0.456 e. The number of hydrogen-bond donors (Lipinski definition) is 1. The molecule has 0 saturated carbocycles. The summed E-state index contributed by atoms with van der Waals surface area (Å²) in [6, 6.07) is 6.45. The zero-order valence-electron chi connectivity index (χ0n) is 15.7. The summed E-state index contributed by atoms with van der Waals surface area (Å²) < 4.78 is 29.2. The number of esters is 1. The molecule has 0 saturated heterocycles. The molecule has 1 amide bonds. The second kappa shape index (κ2) is 10.3. The van der Waals surface area contributed by atoms with E-state index in [1.165, 1.54) is 30.5 Å². The van der Waals surface area contributed by atoms with Gasteiger partial charge < -0.3 is 10.1 Å². The van der Waals surface area contributed by atoms with Gasteiger partial charge in [-0.2, -0.15) is 0 Å². The molecule has 0 radical (unpaired) electrons. The van der Waals surface area contributed by atoms with E-state index in [0.29, 0.717) is 6.54 Å². The van der Waals surface area contributed by atoms with Crippen molar-refractivity contribution in [3.05, 3.63) is 41.5 Å². The third kappa shape index (κ3) is 7.54. The molecule has 0 aliphatic heterocycles. The summed E-state index contributed by atoms with van der Waals surface area (Å²) in [7, 11) is -3.54. The molecule has 0 fully saturated rings. The molecule has 1 aromatic rings. The molecular formula is C20H27NO5S. The summed E-state index contributed by atoms with van der Waals surface area (Å²) in [5.41, 5.74) is 2.32. The van der Waals surface area contributed by atoms with Crippen LogP contribution < -0.4 is 5.32 Å². The van der Waals surface area contributed by atoms with Gasteiger partial charge in [-0.05, 0) is 51.2 Å². The zero-order valence-corrected chi connectivity index (χ0v) is 16.5. The Morgan fingerprint density at radius 1 is 1.15 bits per heavy atom. The number of allylic oxidation sites excluding steroid dienone is 1. The van der Waals surface area contributed by atoms with Gasteiger partial charge in [0, 0.05) is 6.54 Å². The number of nitrogens with one attached hydrogen (secondary N) is 1. The van der Waals surface area contributed by atoms with E-state index < -0.39 is 15.8 Å². The lowest BCUT2D eigenvalue weighted by molar-refractivity contribution is -0.148. The molecule has 0 unspecified atom stereocenters. The van der Waals surface area contributed by atoms with E-state index in [-0.39, 0.29) is 29.6 Å². The second-order valence-corrected chi connectivity index (χ2v) is 8.86. The van der Waals surface area contributed by atoms with Crippen molar-refractivity contribution in [2.45, 2.75) is 50.3 Å². The third-order valence-electron chi connectivity index (χ3n) is 4.47. The molecule has 2 rings (SSSR count). The van der Waals surface area contributed by atoms with Gasteiger partial charge in [-0.1, -0.05) is 29.3 Å². The molecule has 1 N–H and O–H groups in total. The molecule has 6 nitrogen and oxygen atoms in total. The lowest BCUT2D eigenvalue weighted by Gasteiger charge is -2.13. The Hall–Kier alpha value is -2.15. The van der Waals surface area contributed by atoms with Crippen LogP contribution in [0.15, 0.2) is 40.8 Å². The zero-order chi connectivity index (χ0) is 19.7. The molecule has 1 aliphatic rings. The van der Waals surface area contributed by atoms with Crippen molar-refractivity contribution in [3.8, 4) is 0 Å². The Morgan fingerprint density at radius 3 is 2.56 bits per heavy atom. The molecule has 1 aliphatic carbocycles. The molecule has 0 atom stereocenters. The predicted octanol–water partition coefficient (Wildman–Crippen LogP) is 2.71. The average Bonchev–Trinajstić information content (AvgIpc) is 2.66. The average molecular weight is 394 g/mol. The van der Waals surface area contributed by atoms with Gasteiger partial charge >= 0.3 is 5.97 Å². The van der Waals surface area contributed by atoms with Crippen LogP contribution in [0.25, 0.3) is 0 Å². The number of carbonyl (C=O) groups excluding carboxylic acids is 2. The maximum Gasteiger partial charge on any atom is 0.307 e. The highest BCUT2D eigenvalue weighted by Gasteiger charge is 2.17. The van der Waals surface area contributed by atoms with Gasteiger partial charge in [0.15, 0.2) is 16.4 Å². The Morgan fingerprint density at radius 2 is 1.89 bits per heavy atom. The number of rotatable bonds is 9. The highest BCUT2D eigenvalue weighted by atomic mass is 32.2. The van der Waals surface area contributed by atoms with Crippen LogP contribution in [-0.4, -0.2) is 39.2 Å². The standard InChI is InChI=1S/C20H27NO5S/c1-16-7-9-18(10-8-16)27(24,25)14-12-20(23)26-15-19(22)21-13-11-17-5-3-2-4-6-17/h5,7-10H,2-4,6,11-15H2,1H3,(H,21,22). The maximum absolute atomic E-state index is 12.2. The van der Waals surface area contributed by atoms with Crippen molar-refractivity contribution in [2.24, 2.45) is 0 Å². The predicted molar refractivity (Wildman–Crippen MR) is 103 cm³/mol. The van der Waals surface area contributed by atoms with Crippen LogP contribution >= 0.6 is 0 Å². The van der Waals surface area contributed by atoms with Crippen LogP contribution in [0.5, 0.6) is 0 Å². The number of hydrogen-bond acceptors (Lipinski definition) is 5. The lowest BCUT2D eigenvalue weighted by atomic mass is 9.97. The van der Waals surface area contributed by atoms with Crippen LogP contribution in [0.3, 0.4) is 0 Å². The summed E-state index contributed by atoms with van der Waals surface area (Å²) in [5.74, 6) is -1.41. The lowest BCUT2D eigenvalue weighted by Crippen LogP contribution is -2.30.